The Hall–Kier alpha value is -3.77. The number of nitrogens with zero attached hydrogens (tertiary/aromatic N) is 2. The number of benzene rings is 2. The number of aromatic nitrogens is 1. The minimum Gasteiger partial charge on any atom is -0.481 e. The Bertz CT molecular complexity index is 1650. The maximum Gasteiger partial charge on any atom is 0.416 e. The summed E-state index contributed by atoms with van der Waals surface area (Å²) in [4.78, 5) is 40.6. The van der Waals surface area contributed by atoms with Crippen LogP contribution < -0.4 is 10.9 Å². The number of carboxylic acids is 1. The molecule has 0 aliphatic carbocycles. The molecule has 2 N–H and O–H groups in total. The first-order chi connectivity index (χ1) is 21.3. The molecule has 0 saturated heterocycles. The second kappa shape index (κ2) is 14.8. The average Bonchev–Trinajstić information content (AvgIpc) is 2.90. The molecule has 250 valence electrons. The van der Waals surface area contributed by atoms with E-state index in [0.717, 1.165) is 16.8 Å². The van der Waals surface area contributed by atoms with Gasteiger partial charge < -0.3 is 19.9 Å². The van der Waals surface area contributed by atoms with E-state index in [9.17, 15) is 37.1 Å². The van der Waals surface area contributed by atoms with Crippen LogP contribution in [0.25, 0.3) is 11.1 Å². The number of aryl methyl sites for hydroxylation is 2. The van der Waals surface area contributed by atoms with Crippen molar-refractivity contribution in [3.05, 3.63) is 91.4 Å². The van der Waals surface area contributed by atoms with Crippen LogP contribution in [-0.2, 0) is 22.2 Å². The van der Waals surface area contributed by atoms with E-state index in [-0.39, 0.29) is 47.0 Å². The largest absolute Gasteiger partial charge is 0.481 e. The Kier molecular flexibility index (Phi) is 11.8. The number of alkyl halides is 3. The van der Waals surface area contributed by atoms with Crippen molar-refractivity contribution < 1.29 is 36.6 Å². The molecule has 3 rings (SSSR count). The van der Waals surface area contributed by atoms with Gasteiger partial charge in [0.2, 0.25) is 5.91 Å². The lowest BCUT2D eigenvalue weighted by atomic mass is 9.92. The number of carboxylic acid groups (broad SMARTS) is 1. The number of hydrogen-bond acceptors (Lipinski definition) is 4. The molecule has 1 heterocycles. The summed E-state index contributed by atoms with van der Waals surface area (Å²) in [5.41, 5.74) is -1.29. The van der Waals surface area contributed by atoms with Crippen LogP contribution in [-0.4, -0.2) is 47.1 Å². The predicted octanol–water partition coefficient (Wildman–Crippen LogP) is 7.11. The topological polar surface area (TPSA) is 91.6 Å². The monoisotopic (exact) mass is 669 g/mol. The van der Waals surface area contributed by atoms with Gasteiger partial charge >= 0.3 is 12.1 Å². The van der Waals surface area contributed by atoms with Gasteiger partial charge in [0.1, 0.15) is 17.7 Å². The number of carbonyl (C=O) groups is 2. The van der Waals surface area contributed by atoms with E-state index in [1.54, 1.807) is 39.8 Å². The van der Waals surface area contributed by atoms with E-state index in [2.05, 4.69) is 5.32 Å². The van der Waals surface area contributed by atoms with Gasteiger partial charge in [-0.1, -0.05) is 25.4 Å². The standard InChI is InChI=1S/C33H37ClF5N3O4/c1-17(2)9-27(42-16-20(7-8-41(5)6)24(14-28(42)43)33(37,38)39)32(46)40-26(15-29(44)45)23-12-21(10-19(4)31(23)36)30-18(3)11-22(35)13-25(30)34/h10-14,16-17,26-27H,7-9,15H2,1-6H3,(H,40,46)(H,44,45). The summed E-state index contributed by atoms with van der Waals surface area (Å²) in [6.45, 7) is 6.77. The number of carbonyl (C=O) groups excluding carboxylic acids is 1. The van der Waals surface area contributed by atoms with Gasteiger partial charge in [-0.2, -0.15) is 13.2 Å². The minimum absolute atomic E-state index is 0.00987. The highest BCUT2D eigenvalue weighted by molar-refractivity contribution is 6.33. The smallest absolute Gasteiger partial charge is 0.416 e. The zero-order chi connectivity index (χ0) is 34.7. The maximum absolute atomic E-state index is 15.7. The van der Waals surface area contributed by atoms with E-state index >= 15 is 4.39 Å². The predicted molar refractivity (Wildman–Crippen MR) is 166 cm³/mol. The first-order valence-electron chi connectivity index (χ1n) is 14.5. The fourth-order valence-corrected chi connectivity index (χ4v) is 5.74. The van der Waals surface area contributed by atoms with Gasteiger partial charge in [-0.3, -0.25) is 14.4 Å². The third-order valence-corrected chi connectivity index (χ3v) is 7.82. The summed E-state index contributed by atoms with van der Waals surface area (Å²) in [5.74, 6) is -3.86. The number of amides is 1. The lowest BCUT2D eigenvalue weighted by molar-refractivity contribution is -0.139. The first kappa shape index (κ1) is 36.7. The third-order valence-electron chi connectivity index (χ3n) is 7.52. The minimum atomic E-state index is -4.81. The molecule has 0 fully saturated rings. The van der Waals surface area contributed by atoms with Crippen molar-refractivity contribution in [3.8, 4) is 11.1 Å². The van der Waals surface area contributed by atoms with Crippen LogP contribution in [0.15, 0.2) is 41.3 Å². The van der Waals surface area contributed by atoms with E-state index in [1.807, 2.05) is 0 Å². The molecule has 7 nitrogen and oxygen atoms in total. The van der Waals surface area contributed by atoms with Crippen molar-refractivity contribution >= 4 is 23.5 Å². The quantitative estimate of drug-likeness (QED) is 0.201. The van der Waals surface area contributed by atoms with Gasteiger partial charge in [0.25, 0.3) is 5.56 Å². The van der Waals surface area contributed by atoms with Crippen molar-refractivity contribution in [2.24, 2.45) is 5.92 Å². The highest BCUT2D eigenvalue weighted by atomic mass is 35.5. The van der Waals surface area contributed by atoms with Crippen LogP contribution in [0, 0.1) is 31.4 Å². The Morgan fingerprint density at radius 2 is 1.70 bits per heavy atom. The molecule has 2 aromatic carbocycles. The zero-order valence-corrected chi connectivity index (χ0v) is 27.1. The summed E-state index contributed by atoms with van der Waals surface area (Å²) in [6.07, 6.45) is -4.60. The Morgan fingerprint density at radius 1 is 1.04 bits per heavy atom. The van der Waals surface area contributed by atoms with E-state index in [0.29, 0.717) is 22.8 Å². The van der Waals surface area contributed by atoms with E-state index < -0.39 is 59.3 Å². The van der Waals surface area contributed by atoms with E-state index in [1.165, 1.54) is 25.1 Å². The summed E-state index contributed by atoms with van der Waals surface area (Å²) in [5, 5.41) is 12.3. The number of halogens is 6. The lowest BCUT2D eigenvalue weighted by Crippen LogP contribution is -2.41. The van der Waals surface area contributed by atoms with E-state index in [4.69, 9.17) is 11.6 Å². The highest BCUT2D eigenvalue weighted by Gasteiger charge is 2.36. The van der Waals surface area contributed by atoms with Crippen molar-refractivity contribution in [3.63, 3.8) is 0 Å². The molecule has 2 unspecified atom stereocenters. The van der Waals surface area contributed by atoms with Crippen LogP contribution in [0.2, 0.25) is 5.02 Å². The van der Waals surface area contributed by atoms with Gasteiger partial charge in [-0.25, -0.2) is 8.78 Å². The molecule has 1 aromatic heterocycles. The van der Waals surface area contributed by atoms with Crippen molar-refractivity contribution in [1.29, 1.82) is 0 Å². The second-order valence-corrected chi connectivity index (χ2v) is 12.5. The molecular formula is C33H37ClF5N3O4. The Balaban J connectivity index is 2.15. The van der Waals surface area contributed by atoms with Gasteiger partial charge in [0, 0.05) is 29.9 Å². The summed E-state index contributed by atoms with van der Waals surface area (Å²) < 4.78 is 72.1. The summed E-state index contributed by atoms with van der Waals surface area (Å²) >= 11 is 6.32. The number of aliphatic carboxylic acids is 1. The Labute approximate surface area is 269 Å². The fraction of sp³-hybridized carbons (Fsp3) is 0.424. The third kappa shape index (κ3) is 8.94. The van der Waals surface area contributed by atoms with Crippen molar-refractivity contribution in [2.75, 3.05) is 20.6 Å². The molecule has 13 heteroatoms. The lowest BCUT2D eigenvalue weighted by Gasteiger charge is -2.27. The van der Waals surface area contributed by atoms with Crippen molar-refractivity contribution in [2.45, 2.75) is 65.2 Å². The average molecular weight is 670 g/mol. The molecule has 0 radical (unpaired) electrons. The number of hydrogen-bond donors (Lipinski definition) is 2. The van der Waals surface area contributed by atoms with Crippen LogP contribution in [0.1, 0.15) is 66.6 Å². The van der Waals surface area contributed by atoms with Gasteiger partial charge in [-0.05, 0) is 93.2 Å². The number of pyridine rings is 1. The molecule has 0 aliphatic rings. The molecule has 0 aliphatic heterocycles. The first-order valence-corrected chi connectivity index (χ1v) is 14.9. The van der Waals surface area contributed by atoms with Crippen LogP contribution in [0.5, 0.6) is 0 Å². The van der Waals surface area contributed by atoms with Gasteiger partial charge in [0.05, 0.1) is 23.0 Å². The molecule has 0 spiro atoms. The molecule has 0 bridgehead atoms. The molecule has 0 saturated carbocycles. The SMILES string of the molecule is Cc1cc(-c2c(C)cc(F)cc2Cl)cc(C(CC(=O)O)NC(=O)C(CC(C)C)n2cc(CCN(C)C)c(C(F)(F)F)cc2=O)c1F. The number of nitrogens with one attached hydrogen (secondary N) is 1. The summed E-state index contributed by atoms with van der Waals surface area (Å²) in [7, 11) is 3.37. The van der Waals surface area contributed by atoms with Crippen LogP contribution in [0.4, 0.5) is 22.0 Å². The van der Waals surface area contributed by atoms with Crippen LogP contribution >= 0.6 is 11.6 Å². The summed E-state index contributed by atoms with van der Waals surface area (Å²) in [6, 6.07) is 2.78. The fourth-order valence-electron chi connectivity index (χ4n) is 5.38. The molecule has 2 atom stereocenters. The highest BCUT2D eigenvalue weighted by Crippen LogP contribution is 2.37. The second-order valence-electron chi connectivity index (χ2n) is 12.1. The number of rotatable bonds is 12. The number of likely N-dealkylation sites (N-methyl/N-ethyl adjacent to an activating group) is 1. The molecule has 46 heavy (non-hydrogen) atoms. The van der Waals surface area contributed by atoms with Gasteiger partial charge in [0.15, 0.2) is 0 Å². The van der Waals surface area contributed by atoms with Crippen LogP contribution in [0.3, 0.4) is 0 Å². The molecule has 1 amide bonds. The maximum atomic E-state index is 15.7. The Morgan fingerprint density at radius 3 is 2.24 bits per heavy atom. The van der Waals surface area contributed by atoms with Gasteiger partial charge in [-0.15, -0.1) is 0 Å². The zero-order valence-electron chi connectivity index (χ0n) is 26.4. The molecular weight excluding hydrogens is 633 g/mol. The van der Waals surface area contributed by atoms with Crippen molar-refractivity contribution in [1.82, 2.24) is 14.8 Å². The molecule has 3 aromatic rings. The normalized spacial score (nSPS) is 13.3.